The Hall–Kier alpha value is -0.930. The summed E-state index contributed by atoms with van der Waals surface area (Å²) in [5, 5.41) is 0. The van der Waals surface area contributed by atoms with Crippen LogP contribution in [0.15, 0.2) is 46.2 Å². The highest BCUT2D eigenvalue weighted by molar-refractivity contribution is 8.25. The van der Waals surface area contributed by atoms with Gasteiger partial charge in [0.15, 0.2) is 5.78 Å². The van der Waals surface area contributed by atoms with E-state index in [0.717, 1.165) is 23.5 Å². The second-order valence-corrected chi connectivity index (χ2v) is 6.51. The maximum absolute atomic E-state index is 11.7. The van der Waals surface area contributed by atoms with Gasteiger partial charge in [-0.2, -0.15) is 0 Å². The summed E-state index contributed by atoms with van der Waals surface area (Å²) in [5.74, 6) is 2.45. The van der Waals surface area contributed by atoms with Crippen molar-refractivity contribution in [2.45, 2.75) is 13.3 Å². The fourth-order valence-corrected chi connectivity index (χ4v) is 4.41. The van der Waals surface area contributed by atoms with Crippen LogP contribution in [0.5, 0.6) is 0 Å². The van der Waals surface area contributed by atoms with Crippen molar-refractivity contribution < 1.29 is 4.79 Å². The third-order valence-electron chi connectivity index (χ3n) is 2.65. The summed E-state index contributed by atoms with van der Waals surface area (Å²) < 4.78 is 1.22. The van der Waals surface area contributed by atoms with E-state index >= 15 is 0 Å². The highest BCUT2D eigenvalue weighted by Crippen LogP contribution is 2.39. The minimum atomic E-state index is 0.199. The first-order valence-electron chi connectivity index (χ1n) is 5.98. The van der Waals surface area contributed by atoms with E-state index in [2.05, 4.69) is 24.3 Å². The molecule has 0 spiro atoms. The lowest BCUT2D eigenvalue weighted by Gasteiger charge is -2.03. The topological polar surface area (TPSA) is 17.1 Å². The maximum atomic E-state index is 11.7. The average Bonchev–Trinajstić information content (AvgIpc) is 2.89. The van der Waals surface area contributed by atoms with Crippen molar-refractivity contribution in [3.05, 3.63) is 51.8 Å². The molecule has 0 amide bonds. The maximum Gasteiger partial charge on any atom is 0.157 e. The molecule has 2 rings (SSSR count). The van der Waals surface area contributed by atoms with Gasteiger partial charge in [-0.25, -0.2) is 0 Å². The molecule has 0 saturated carbocycles. The highest BCUT2D eigenvalue weighted by Gasteiger charge is 2.16. The summed E-state index contributed by atoms with van der Waals surface area (Å²) in [6.07, 6.45) is 4.89. The van der Waals surface area contributed by atoms with Crippen LogP contribution in [-0.2, 0) is 4.79 Å². The first kappa shape index (κ1) is 13.5. The van der Waals surface area contributed by atoms with Gasteiger partial charge in [0, 0.05) is 21.3 Å². The van der Waals surface area contributed by atoms with Crippen molar-refractivity contribution in [2.24, 2.45) is 0 Å². The van der Waals surface area contributed by atoms with Crippen LogP contribution in [-0.4, -0.2) is 17.3 Å². The quantitative estimate of drug-likeness (QED) is 0.760. The molecule has 1 saturated heterocycles. The molecule has 1 aromatic rings. The average molecular weight is 276 g/mol. The van der Waals surface area contributed by atoms with Gasteiger partial charge in [0.05, 0.1) is 0 Å². The Morgan fingerprint density at radius 1 is 1.22 bits per heavy atom. The third-order valence-corrected chi connectivity index (χ3v) is 5.45. The van der Waals surface area contributed by atoms with Crippen LogP contribution in [0.2, 0.25) is 0 Å². The van der Waals surface area contributed by atoms with Gasteiger partial charge in [-0.1, -0.05) is 42.5 Å². The van der Waals surface area contributed by atoms with Crippen molar-refractivity contribution in [2.75, 3.05) is 11.5 Å². The van der Waals surface area contributed by atoms with Gasteiger partial charge in [-0.15, -0.1) is 23.5 Å². The van der Waals surface area contributed by atoms with Crippen LogP contribution >= 0.6 is 23.5 Å². The smallest absolute Gasteiger partial charge is 0.157 e. The van der Waals surface area contributed by atoms with E-state index in [1.165, 1.54) is 9.80 Å². The number of ketones is 1. The molecule has 1 aliphatic rings. The van der Waals surface area contributed by atoms with Gasteiger partial charge in [0.1, 0.15) is 0 Å². The van der Waals surface area contributed by atoms with Crippen LogP contribution in [0.25, 0.3) is 6.08 Å². The van der Waals surface area contributed by atoms with Gasteiger partial charge < -0.3 is 0 Å². The summed E-state index contributed by atoms with van der Waals surface area (Å²) in [5.41, 5.74) is 2.15. The Bertz CT molecular complexity index is 467. The number of allylic oxidation sites excluding steroid dienone is 2. The van der Waals surface area contributed by atoms with Crippen LogP contribution < -0.4 is 0 Å². The minimum absolute atomic E-state index is 0.199. The Balaban J connectivity index is 2.05. The molecule has 1 nitrogen and oxygen atoms in total. The summed E-state index contributed by atoms with van der Waals surface area (Å²) in [4.78, 5) is 11.7. The van der Waals surface area contributed by atoms with E-state index < -0.39 is 0 Å². The van der Waals surface area contributed by atoms with Crippen molar-refractivity contribution in [1.82, 2.24) is 0 Å². The molecule has 0 radical (unpaired) electrons. The van der Waals surface area contributed by atoms with Crippen molar-refractivity contribution >= 4 is 35.4 Å². The molecule has 18 heavy (non-hydrogen) atoms. The Morgan fingerprint density at radius 2 is 1.89 bits per heavy atom. The Morgan fingerprint density at radius 3 is 2.50 bits per heavy atom. The second-order valence-electron chi connectivity index (χ2n) is 4.04. The lowest BCUT2D eigenvalue weighted by atomic mass is 10.1. The summed E-state index contributed by atoms with van der Waals surface area (Å²) in [6, 6.07) is 10.2. The van der Waals surface area contributed by atoms with E-state index in [9.17, 15) is 4.79 Å². The molecule has 0 aliphatic carbocycles. The number of hydrogen-bond donors (Lipinski definition) is 0. The van der Waals surface area contributed by atoms with Gasteiger partial charge >= 0.3 is 0 Å². The zero-order valence-corrected chi connectivity index (χ0v) is 12.0. The largest absolute Gasteiger partial charge is 0.295 e. The van der Waals surface area contributed by atoms with Crippen LogP contribution in [0, 0.1) is 0 Å². The lowest BCUT2D eigenvalue weighted by molar-refractivity contribution is -0.113. The van der Waals surface area contributed by atoms with Gasteiger partial charge in [0.25, 0.3) is 0 Å². The van der Waals surface area contributed by atoms with Crippen molar-refractivity contribution in [3.63, 3.8) is 0 Å². The fraction of sp³-hybridized carbons (Fsp3) is 0.267. The Kier molecular flexibility index (Phi) is 5.14. The number of Topliss-reactive ketones (excluding diaryl/α,β-unsaturated/α-hetero) is 1. The molecule has 0 aromatic heterocycles. The number of carbonyl (C=O) groups is 1. The SMILES string of the molecule is CC(=O)C(C/C=C/c1ccccc1)=C1SCCS1. The summed E-state index contributed by atoms with van der Waals surface area (Å²) >= 11 is 3.63. The summed E-state index contributed by atoms with van der Waals surface area (Å²) in [6.45, 7) is 1.66. The predicted molar refractivity (Wildman–Crippen MR) is 82.7 cm³/mol. The zero-order chi connectivity index (χ0) is 12.8. The standard InChI is InChI=1S/C15H16OS2/c1-12(16)14(15-17-10-11-18-15)9-5-8-13-6-3-2-4-7-13/h2-8H,9-11H2,1H3/b8-5+. The molecule has 0 N–H and O–H groups in total. The number of rotatable bonds is 4. The van der Waals surface area contributed by atoms with Gasteiger partial charge in [-0.3, -0.25) is 4.79 Å². The van der Waals surface area contributed by atoms with Crippen LogP contribution in [0.3, 0.4) is 0 Å². The molecule has 0 bridgehead atoms. The molecule has 1 aliphatic heterocycles. The number of benzene rings is 1. The first-order chi connectivity index (χ1) is 8.77. The molecule has 1 heterocycles. The van der Waals surface area contributed by atoms with Crippen molar-refractivity contribution in [3.8, 4) is 0 Å². The first-order valence-corrected chi connectivity index (χ1v) is 7.96. The van der Waals surface area contributed by atoms with Gasteiger partial charge in [-0.05, 0) is 18.9 Å². The fourth-order valence-electron chi connectivity index (χ4n) is 1.73. The molecule has 0 unspecified atom stereocenters. The minimum Gasteiger partial charge on any atom is -0.295 e. The van der Waals surface area contributed by atoms with Crippen LogP contribution in [0.1, 0.15) is 18.9 Å². The van der Waals surface area contributed by atoms with E-state index in [1.807, 2.05) is 41.7 Å². The number of hydrogen-bond acceptors (Lipinski definition) is 3. The van der Waals surface area contributed by atoms with E-state index in [0.29, 0.717) is 0 Å². The molecule has 94 valence electrons. The number of carbonyl (C=O) groups excluding carboxylic acids is 1. The van der Waals surface area contributed by atoms with E-state index in [4.69, 9.17) is 0 Å². The third kappa shape index (κ3) is 3.79. The molecule has 3 heteroatoms. The number of thioether (sulfide) groups is 2. The molecular formula is C15H16OS2. The van der Waals surface area contributed by atoms with Crippen LogP contribution in [0.4, 0.5) is 0 Å². The molecule has 1 fully saturated rings. The van der Waals surface area contributed by atoms with E-state index in [1.54, 1.807) is 6.92 Å². The Labute approximate surface area is 117 Å². The normalized spacial score (nSPS) is 15.3. The predicted octanol–water partition coefficient (Wildman–Crippen LogP) is 4.37. The van der Waals surface area contributed by atoms with Crippen molar-refractivity contribution in [1.29, 1.82) is 0 Å². The second kappa shape index (κ2) is 6.86. The van der Waals surface area contributed by atoms with Gasteiger partial charge in [0.2, 0.25) is 0 Å². The molecule has 0 atom stereocenters. The highest BCUT2D eigenvalue weighted by atomic mass is 32.2. The van der Waals surface area contributed by atoms with E-state index in [-0.39, 0.29) is 5.78 Å². The lowest BCUT2D eigenvalue weighted by Crippen LogP contribution is -1.96. The summed E-state index contributed by atoms with van der Waals surface area (Å²) in [7, 11) is 0. The zero-order valence-electron chi connectivity index (χ0n) is 10.4. The molecule has 1 aromatic carbocycles. The monoisotopic (exact) mass is 276 g/mol. The molecular weight excluding hydrogens is 260 g/mol.